The molecule has 1 amide bonds. The molecule has 0 saturated carbocycles. The molecule has 1 aliphatic heterocycles. The van der Waals surface area contributed by atoms with Gasteiger partial charge in [0.05, 0.1) is 23.8 Å². The monoisotopic (exact) mass is 496 g/mol. The third-order valence-corrected chi connectivity index (χ3v) is 8.09. The van der Waals surface area contributed by atoms with Crippen LogP contribution in [-0.4, -0.2) is 54.7 Å². The Morgan fingerprint density at radius 2 is 1.74 bits per heavy atom. The Balaban J connectivity index is 1.66. The molecule has 2 heterocycles. The van der Waals surface area contributed by atoms with E-state index in [2.05, 4.69) is 10.4 Å². The predicted octanol–water partition coefficient (Wildman–Crippen LogP) is 2.75. The molecular formula is C25H28N4O5S. The van der Waals surface area contributed by atoms with Gasteiger partial charge in [-0.2, -0.15) is 9.40 Å². The molecule has 1 atom stereocenters. The smallest absolute Gasteiger partial charge is 0.267 e. The first kappa shape index (κ1) is 24.8. The molecular weight excluding hydrogens is 468 g/mol. The van der Waals surface area contributed by atoms with Crippen LogP contribution in [0.4, 0.5) is 5.69 Å². The standard InChI is InChI=1S/C25H28N4O5S/c1-17-6-4-5-7-21(17)26-25(31)19(3)29-24(30)11-10-22(27-29)20-9-8-18(2)23(16-20)35(32,33)28-12-14-34-15-13-28/h4-11,16,19H,12-15H2,1-3H3,(H,26,31). The van der Waals surface area contributed by atoms with Gasteiger partial charge in [0.2, 0.25) is 15.9 Å². The van der Waals surface area contributed by atoms with Crippen LogP contribution in [0.25, 0.3) is 11.3 Å². The summed E-state index contributed by atoms with van der Waals surface area (Å²) in [4.78, 5) is 25.6. The van der Waals surface area contributed by atoms with Gasteiger partial charge >= 0.3 is 0 Å². The minimum atomic E-state index is -3.72. The summed E-state index contributed by atoms with van der Waals surface area (Å²) in [6, 6.07) is 14.4. The van der Waals surface area contributed by atoms with Crippen LogP contribution < -0.4 is 10.9 Å². The van der Waals surface area contributed by atoms with Gasteiger partial charge in [0.15, 0.2) is 0 Å². The zero-order valence-electron chi connectivity index (χ0n) is 19.9. The fourth-order valence-electron chi connectivity index (χ4n) is 3.88. The van der Waals surface area contributed by atoms with Gasteiger partial charge in [-0.15, -0.1) is 0 Å². The number of carbonyl (C=O) groups excluding carboxylic acids is 1. The van der Waals surface area contributed by atoms with Crippen LogP contribution in [0.1, 0.15) is 24.1 Å². The van der Waals surface area contributed by atoms with Crippen molar-refractivity contribution in [2.75, 3.05) is 31.6 Å². The minimum Gasteiger partial charge on any atom is -0.379 e. The molecule has 35 heavy (non-hydrogen) atoms. The Morgan fingerprint density at radius 3 is 2.46 bits per heavy atom. The molecule has 0 spiro atoms. The number of aromatic nitrogens is 2. The number of morpholine rings is 1. The summed E-state index contributed by atoms with van der Waals surface area (Å²) in [7, 11) is -3.72. The number of anilines is 1. The number of benzene rings is 2. The average Bonchev–Trinajstić information content (AvgIpc) is 2.86. The van der Waals surface area contributed by atoms with E-state index < -0.39 is 21.6 Å². The molecule has 0 aliphatic carbocycles. The quantitative estimate of drug-likeness (QED) is 0.562. The van der Waals surface area contributed by atoms with E-state index in [0.29, 0.717) is 48.8 Å². The van der Waals surface area contributed by atoms with E-state index in [1.54, 1.807) is 38.1 Å². The van der Waals surface area contributed by atoms with Gasteiger partial charge in [0, 0.05) is 30.4 Å². The highest BCUT2D eigenvalue weighted by Gasteiger charge is 2.28. The molecule has 1 unspecified atom stereocenters. The second-order valence-electron chi connectivity index (χ2n) is 8.48. The van der Waals surface area contributed by atoms with Crippen molar-refractivity contribution in [2.24, 2.45) is 0 Å². The Labute approximate surface area is 204 Å². The van der Waals surface area contributed by atoms with E-state index in [1.165, 1.54) is 16.4 Å². The maximum atomic E-state index is 13.3. The van der Waals surface area contributed by atoms with E-state index in [1.807, 2.05) is 25.1 Å². The van der Waals surface area contributed by atoms with Crippen LogP contribution >= 0.6 is 0 Å². The largest absolute Gasteiger partial charge is 0.379 e. The van der Waals surface area contributed by atoms with Crippen molar-refractivity contribution < 1.29 is 17.9 Å². The van der Waals surface area contributed by atoms with E-state index in [4.69, 9.17) is 4.74 Å². The molecule has 4 rings (SSSR count). The van der Waals surface area contributed by atoms with Gasteiger partial charge in [-0.25, -0.2) is 13.1 Å². The summed E-state index contributed by atoms with van der Waals surface area (Å²) in [5.41, 5.74) is 2.65. The van der Waals surface area contributed by atoms with Gasteiger partial charge in [0.25, 0.3) is 5.56 Å². The van der Waals surface area contributed by atoms with E-state index in [9.17, 15) is 18.0 Å². The summed E-state index contributed by atoms with van der Waals surface area (Å²) in [5, 5.41) is 7.24. The number of rotatable bonds is 6. The molecule has 10 heteroatoms. The van der Waals surface area contributed by atoms with Crippen molar-refractivity contribution in [1.29, 1.82) is 0 Å². The zero-order valence-corrected chi connectivity index (χ0v) is 20.7. The number of nitrogens with zero attached hydrogens (tertiary/aromatic N) is 3. The first-order valence-corrected chi connectivity index (χ1v) is 12.8. The molecule has 1 fully saturated rings. The molecule has 2 aromatic carbocycles. The lowest BCUT2D eigenvalue weighted by Gasteiger charge is -2.26. The molecule has 0 radical (unpaired) electrons. The number of carbonyl (C=O) groups is 1. The molecule has 184 valence electrons. The second-order valence-corrected chi connectivity index (χ2v) is 10.4. The van der Waals surface area contributed by atoms with E-state index >= 15 is 0 Å². The van der Waals surface area contributed by atoms with Gasteiger partial charge in [-0.3, -0.25) is 9.59 Å². The predicted molar refractivity (Wildman–Crippen MR) is 133 cm³/mol. The highest BCUT2D eigenvalue weighted by molar-refractivity contribution is 7.89. The van der Waals surface area contributed by atoms with Crippen molar-refractivity contribution in [3.8, 4) is 11.3 Å². The number of para-hydroxylation sites is 1. The van der Waals surface area contributed by atoms with Crippen molar-refractivity contribution in [3.05, 3.63) is 76.1 Å². The Hall–Kier alpha value is -3.34. The molecule has 9 nitrogen and oxygen atoms in total. The van der Waals surface area contributed by atoms with Gasteiger partial charge in [-0.05, 0) is 50.1 Å². The van der Waals surface area contributed by atoms with Gasteiger partial charge in [-0.1, -0.05) is 30.3 Å². The summed E-state index contributed by atoms with van der Waals surface area (Å²) < 4.78 is 34.3. The number of hydrogen-bond donors (Lipinski definition) is 1. The molecule has 1 aromatic heterocycles. The number of ether oxygens (including phenoxy) is 1. The number of hydrogen-bond acceptors (Lipinski definition) is 6. The normalized spacial score (nSPS) is 15.5. The fraction of sp³-hybridized carbons (Fsp3) is 0.320. The van der Waals surface area contributed by atoms with Crippen LogP contribution in [0, 0.1) is 13.8 Å². The maximum Gasteiger partial charge on any atom is 0.267 e. The maximum absolute atomic E-state index is 13.3. The summed E-state index contributed by atoms with van der Waals surface area (Å²) >= 11 is 0. The summed E-state index contributed by atoms with van der Waals surface area (Å²) in [5.74, 6) is -0.384. The lowest BCUT2D eigenvalue weighted by molar-refractivity contribution is -0.119. The molecule has 0 bridgehead atoms. The summed E-state index contributed by atoms with van der Waals surface area (Å²) in [6.45, 7) is 6.51. The van der Waals surface area contributed by atoms with Crippen molar-refractivity contribution >= 4 is 21.6 Å². The number of aryl methyl sites for hydroxylation is 2. The highest BCUT2D eigenvalue weighted by atomic mass is 32.2. The van der Waals surface area contributed by atoms with E-state index in [0.717, 1.165) is 10.2 Å². The summed E-state index contributed by atoms with van der Waals surface area (Å²) in [6.07, 6.45) is 0. The SMILES string of the molecule is Cc1ccccc1NC(=O)C(C)n1nc(-c2ccc(C)c(S(=O)(=O)N3CCOCC3)c2)ccc1=O. The topological polar surface area (TPSA) is 111 Å². The lowest BCUT2D eigenvalue weighted by atomic mass is 10.1. The molecule has 3 aromatic rings. The van der Waals surface area contributed by atoms with E-state index in [-0.39, 0.29) is 10.8 Å². The van der Waals surface area contributed by atoms with Crippen molar-refractivity contribution in [2.45, 2.75) is 31.7 Å². The van der Waals surface area contributed by atoms with Crippen LogP contribution in [0.3, 0.4) is 0 Å². The number of amides is 1. The van der Waals surface area contributed by atoms with Gasteiger partial charge in [0.1, 0.15) is 6.04 Å². The first-order chi connectivity index (χ1) is 16.7. The third kappa shape index (κ3) is 5.19. The highest BCUT2D eigenvalue weighted by Crippen LogP contribution is 2.26. The zero-order chi connectivity index (χ0) is 25.2. The fourth-order valence-corrected chi connectivity index (χ4v) is 5.54. The minimum absolute atomic E-state index is 0.182. The second kappa shape index (κ2) is 10.1. The lowest BCUT2D eigenvalue weighted by Crippen LogP contribution is -2.40. The van der Waals surface area contributed by atoms with Gasteiger partial charge < -0.3 is 10.1 Å². The van der Waals surface area contributed by atoms with Crippen LogP contribution in [0.15, 0.2) is 64.3 Å². The Kier molecular flexibility index (Phi) is 7.15. The number of nitrogens with one attached hydrogen (secondary N) is 1. The molecule has 1 aliphatic rings. The first-order valence-electron chi connectivity index (χ1n) is 11.3. The molecule has 1 N–H and O–H groups in total. The van der Waals surface area contributed by atoms with Crippen LogP contribution in [-0.2, 0) is 19.6 Å². The number of sulfonamides is 1. The Morgan fingerprint density at radius 1 is 1.03 bits per heavy atom. The third-order valence-electron chi connectivity index (χ3n) is 6.05. The Bertz CT molecular complexity index is 1410. The van der Waals surface area contributed by atoms with Crippen LogP contribution in [0.5, 0.6) is 0 Å². The van der Waals surface area contributed by atoms with Crippen molar-refractivity contribution in [1.82, 2.24) is 14.1 Å². The average molecular weight is 497 g/mol. The molecule has 1 saturated heterocycles. The van der Waals surface area contributed by atoms with Crippen molar-refractivity contribution in [3.63, 3.8) is 0 Å². The van der Waals surface area contributed by atoms with Crippen LogP contribution in [0.2, 0.25) is 0 Å².